The summed E-state index contributed by atoms with van der Waals surface area (Å²) in [5, 5.41) is 7.20. The second-order valence-electron chi connectivity index (χ2n) is 9.85. The van der Waals surface area contributed by atoms with Gasteiger partial charge in [-0.3, -0.25) is 4.79 Å². The van der Waals surface area contributed by atoms with E-state index >= 15 is 0 Å². The van der Waals surface area contributed by atoms with Crippen LogP contribution in [0.15, 0.2) is 22.7 Å². The van der Waals surface area contributed by atoms with Crippen LogP contribution >= 0.6 is 0 Å². The Kier molecular flexibility index (Phi) is 8.43. The van der Waals surface area contributed by atoms with Crippen LogP contribution < -0.4 is 15.0 Å². The molecule has 0 unspecified atom stereocenters. The minimum absolute atomic E-state index is 0.0109. The lowest BCUT2D eigenvalue weighted by molar-refractivity contribution is 0.0696. The lowest BCUT2D eigenvalue weighted by Crippen LogP contribution is -2.39. The van der Waals surface area contributed by atoms with Gasteiger partial charge in [-0.25, -0.2) is 0 Å². The number of anilines is 1. The summed E-state index contributed by atoms with van der Waals surface area (Å²) in [4.78, 5) is 19.3. The topological polar surface area (TPSA) is 89.7 Å². The number of amides is 1. The Hall–Kier alpha value is -2.61. The molecule has 0 atom stereocenters. The Balaban J connectivity index is 1.15. The molecule has 4 rings (SSSR count). The van der Waals surface area contributed by atoms with Gasteiger partial charge in [0.05, 0.1) is 6.61 Å². The first-order valence-electron chi connectivity index (χ1n) is 12.7. The van der Waals surface area contributed by atoms with Crippen LogP contribution in [-0.2, 0) is 4.74 Å². The van der Waals surface area contributed by atoms with E-state index in [9.17, 15) is 4.79 Å². The third-order valence-electron chi connectivity index (χ3n) is 6.86. The molecule has 0 radical (unpaired) electrons. The Labute approximate surface area is 202 Å². The molecule has 3 heterocycles. The summed E-state index contributed by atoms with van der Waals surface area (Å²) >= 11 is 0. The van der Waals surface area contributed by atoms with Gasteiger partial charge in [-0.1, -0.05) is 19.0 Å². The third kappa shape index (κ3) is 6.50. The first-order chi connectivity index (χ1) is 16.5. The van der Waals surface area contributed by atoms with Gasteiger partial charge < -0.3 is 24.2 Å². The van der Waals surface area contributed by atoms with Crippen LogP contribution in [0.4, 0.5) is 6.01 Å². The van der Waals surface area contributed by atoms with Crippen LogP contribution in [0.2, 0.25) is 0 Å². The maximum atomic E-state index is 12.6. The highest BCUT2D eigenvalue weighted by molar-refractivity contribution is 5.96. The van der Waals surface area contributed by atoms with Crippen LogP contribution in [0.3, 0.4) is 0 Å². The molecule has 2 aliphatic rings. The van der Waals surface area contributed by atoms with Crippen molar-refractivity contribution in [2.45, 2.75) is 71.3 Å². The Morgan fingerprint density at radius 3 is 2.65 bits per heavy atom. The summed E-state index contributed by atoms with van der Waals surface area (Å²) in [7, 11) is 0. The Morgan fingerprint density at radius 2 is 1.97 bits per heavy atom. The monoisotopic (exact) mass is 470 g/mol. The van der Waals surface area contributed by atoms with E-state index in [1.807, 2.05) is 25.1 Å². The molecule has 0 saturated carbocycles. The van der Waals surface area contributed by atoms with Gasteiger partial charge in [0, 0.05) is 43.8 Å². The lowest BCUT2D eigenvalue weighted by atomic mass is 9.92. The highest BCUT2D eigenvalue weighted by Crippen LogP contribution is 2.26. The van der Waals surface area contributed by atoms with Crippen molar-refractivity contribution in [3.63, 3.8) is 0 Å². The maximum Gasteiger partial charge on any atom is 0.324 e. The van der Waals surface area contributed by atoms with Crippen molar-refractivity contribution in [1.82, 2.24) is 15.5 Å². The molecule has 34 heavy (non-hydrogen) atoms. The number of carbonyl (C=O) groups is 1. The summed E-state index contributed by atoms with van der Waals surface area (Å²) in [6.45, 7) is 10.2. The number of nitrogens with one attached hydrogen (secondary N) is 1. The van der Waals surface area contributed by atoms with E-state index in [0.717, 1.165) is 68.8 Å². The van der Waals surface area contributed by atoms with Gasteiger partial charge >= 0.3 is 6.01 Å². The first-order valence-corrected chi connectivity index (χ1v) is 12.7. The average molecular weight is 471 g/mol. The van der Waals surface area contributed by atoms with E-state index in [-0.39, 0.29) is 17.9 Å². The molecule has 186 valence electrons. The van der Waals surface area contributed by atoms with Crippen molar-refractivity contribution in [3.8, 4) is 5.75 Å². The normalized spacial score (nSPS) is 17.8. The predicted octanol–water partition coefficient (Wildman–Crippen LogP) is 4.49. The van der Waals surface area contributed by atoms with Gasteiger partial charge in [0.25, 0.3) is 5.91 Å². The number of ether oxygens (including phenoxy) is 2. The fourth-order valence-corrected chi connectivity index (χ4v) is 4.65. The number of piperidine rings is 1. The van der Waals surface area contributed by atoms with Gasteiger partial charge in [0.2, 0.25) is 0 Å². The quantitative estimate of drug-likeness (QED) is 0.540. The van der Waals surface area contributed by atoms with Gasteiger partial charge in [-0.05, 0) is 75.1 Å². The average Bonchev–Trinajstić information content (AvgIpc) is 3.34. The Bertz CT molecular complexity index is 931. The minimum Gasteiger partial charge on any atom is -0.494 e. The molecule has 1 aromatic heterocycles. The molecule has 8 nitrogen and oxygen atoms in total. The van der Waals surface area contributed by atoms with Crippen LogP contribution in [0.5, 0.6) is 5.75 Å². The smallest absolute Gasteiger partial charge is 0.324 e. The van der Waals surface area contributed by atoms with Crippen LogP contribution in [0, 0.1) is 12.8 Å². The van der Waals surface area contributed by atoms with Crippen molar-refractivity contribution in [1.29, 1.82) is 0 Å². The summed E-state index contributed by atoms with van der Waals surface area (Å²) in [6.07, 6.45) is 6.19. The number of rotatable bonds is 9. The zero-order valence-corrected chi connectivity index (χ0v) is 20.7. The highest BCUT2D eigenvalue weighted by Gasteiger charge is 2.23. The van der Waals surface area contributed by atoms with Crippen molar-refractivity contribution >= 4 is 11.9 Å². The van der Waals surface area contributed by atoms with E-state index < -0.39 is 0 Å². The number of benzene rings is 1. The van der Waals surface area contributed by atoms with Crippen molar-refractivity contribution < 1.29 is 18.8 Å². The molecule has 1 aromatic carbocycles. The van der Waals surface area contributed by atoms with Crippen molar-refractivity contribution in [3.05, 3.63) is 35.2 Å². The molecule has 0 spiro atoms. The number of nitrogens with zero attached hydrogens (tertiary/aromatic N) is 3. The number of aryl methyl sites for hydroxylation is 1. The van der Waals surface area contributed by atoms with Gasteiger partial charge in [-0.2, -0.15) is 4.98 Å². The molecule has 1 amide bonds. The second kappa shape index (κ2) is 11.7. The number of hydrogen-bond donors (Lipinski definition) is 1. The minimum atomic E-state index is -0.0109. The largest absolute Gasteiger partial charge is 0.494 e. The first kappa shape index (κ1) is 24.5. The predicted molar refractivity (Wildman–Crippen MR) is 131 cm³/mol. The fourth-order valence-electron chi connectivity index (χ4n) is 4.65. The molecule has 8 heteroatoms. The van der Waals surface area contributed by atoms with E-state index in [1.54, 1.807) is 0 Å². The fraction of sp³-hybridized carbons (Fsp3) is 0.654. The van der Waals surface area contributed by atoms with Crippen molar-refractivity contribution in [2.24, 2.45) is 5.92 Å². The van der Waals surface area contributed by atoms with Gasteiger partial charge in [-0.15, -0.1) is 0 Å². The zero-order valence-electron chi connectivity index (χ0n) is 20.7. The number of aromatic nitrogens is 2. The van der Waals surface area contributed by atoms with Gasteiger partial charge in [0.15, 0.2) is 5.82 Å². The zero-order chi connectivity index (χ0) is 23.9. The molecule has 0 aliphatic carbocycles. The lowest BCUT2D eigenvalue weighted by Gasteiger charge is -2.30. The third-order valence-corrected chi connectivity index (χ3v) is 6.86. The van der Waals surface area contributed by atoms with Crippen LogP contribution in [0.1, 0.15) is 80.0 Å². The second-order valence-corrected chi connectivity index (χ2v) is 9.85. The van der Waals surface area contributed by atoms with Crippen LogP contribution in [0.25, 0.3) is 0 Å². The maximum absolute atomic E-state index is 12.6. The number of hydrogen-bond acceptors (Lipinski definition) is 7. The molecule has 2 saturated heterocycles. The molecule has 0 bridgehead atoms. The molecule has 2 aliphatic heterocycles. The molecule has 2 aromatic rings. The summed E-state index contributed by atoms with van der Waals surface area (Å²) in [6, 6.07) is 6.60. The summed E-state index contributed by atoms with van der Waals surface area (Å²) < 4.78 is 16.8. The summed E-state index contributed by atoms with van der Waals surface area (Å²) in [5.74, 6) is 2.57. The summed E-state index contributed by atoms with van der Waals surface area (Å²) in [5.41, 5.74) is 1.66. The Morgan fingerprint density at radius 1 is 1.21 bits per heavy atom. The van der Waals surface area contributed by atoms with Crippen LogP contribution in [-0.4, -0.2) is 55.0 Å². The van der Waals surface area contributed by atoms with E-state index in [1.165, 1.54) is 0 Å². The SMILES string of the molecule is Cc1cc(OCCCC2CCN(c3nc(C(C)C)no3)CC2)ccc1C(=O)NC1CCOCC1. The molecular formula is C26H38N4O4. The van der Waals surface area contributed by atoms with Gasteiger partial charge in [0.1, 0.15) is 5.75 Å². The number of carbonyl (C=O) groups excluding carboxylic acids is 1. The molecule has 1 N–H and O–H groups in total. The highest BCUT2D eigenvalue weighted by atomic mass is 16.5. The van der Waals surface area contributed by atoms with E-state index in [2.05, 4.69) is 34.2 Å². The van der Waals surface area contributed by atoms with Crippen molar-refractivity contribution in [2.75, 3.05) is 37.8 Å². The molecule has 2 fully saturated rings. The standard InChI is InChI=1S/C26H38N4O4/c1-18(2)24-28-26(34-29-24)30-12-8-20(9-13-30)5-4-14-33-22-6-7-23(19(3)17-22)25(31)27-21-10-15-32-16-11-21/h6-7,17-18,20-21H,4-5,8-16H2,1-3H3,(H,27,31). The van der Waals surface area contributed by atoms with E-state index in [4.69, 9.17) is 14.0 Å². The molecular weight excluding hydrogens is 432 g/mol. The van der Waals surface area contributed by atoms with E-state index in [0.29, 0.717) is 37.3 Å².